The Morgan fingerprint density at radius 2 is 1.95 bits per heavy atom. The molecule has 0 saturated carbocycles. The Morgan fingerprint density at radius 1 is 1.15 bits per heavy atom. The molecular weight excluding hydrogens is 246 g/mol. The molecule has 0 bridgehead atoms. The second-order valence-electron chi connectivity index (χ2n) is 5.09. The van der Waals surface area contributed by atoms with Crippen molar-refractivity contribution in [2.45, 2.75) is 33.5 Å². The lowest BCUT2D eigenvalue weighted by Gasteiger charge is -2.21. The van der Waals surface area contributed by atoms with Gasteiger partial charge in [0.2, 0.25) is 0 Å². The van der Waals surface area contributed by atoms with Crippen LogP contribution in [0.25, 0.3) is 0 Å². The van der Waals surface area contributed by atoms with Crippen LogP contribution >= 0.6 is 0 Å². The molecule has 106 valence electrons. The topological polar surface area (TPSA) is 42.2 Å². The molecule has 20 heavy (non-hydrogen) atoms. The number of benzene rings is 1. The molecule has 3 nitrogen and oxygen atoms in total. The highest BCUT2D eigenvalue weighted by atomic mass is 15.1. The largest absolute Gasteiger partial charge is 0.325 e. The second-order valence-corrected chi connectivity index (χ2v) is 5.09. The maximum absolute atomic E-state index is 5.65. The fourth-order valence-corrected chi connectivity index (χ4v) is 2.30. The zero-order valence-corrected chi connectivity index (χ0v) is 12.3. The van der Waals surface area contributed by atoms with Gasteiger partial charge in [0.15, 0.2) is 0 Å². The molecule has 0 unspecified atom stereocenters. The Labute approximate surface area is 121 Å². The molecule has 1 aromatic carbocycles. The molecule has 0 aliphatic rings. The number of nitrogens with two attached hydrogens (primary N) is 1. The van der Waals surface area contributed by atoms with Crippen molar-refractivity contribution in [2.24, 2.45) is 5.73 Å². The van der Waals surface area contributed by atoms with Crippen molar-refractivity contribution in [3.8, 4) is 0 Å². The summed E-state index contributed by atoms with van der Waals surface area (Å²) in [6.45, 7) is 7.79. The van der Waals surface area contributed by atoms with Crippen molar-refractivity contribution in [2.75, 3.05) is 6.54 Å². The lowest BCUT2D eigenvalue weighted by molar-refractivity contribution is 0.270. The highest BCUT2D eigenvalue weighted by Gasteiger charge is 2.07. The first kappa shape index (κ1) is 14.7. The van der Waals surface area contributed by atoms with Crippen LogP contribution in [0, 0.1) is 6.92 Å². The Morgan fingerprint density at radius 3 is 2.65 bits per heavy atom. The summed E-state index contributed by atoms with van der Waals surface area (Å²) in [5, 5.41) is 0. The smallest absolute Gasteiger partial charge is 0.0542 e. The van der Waals surface area contributed by atoms with E-state index in [4.69, 9.17) is 5.73 Å². The van der Waals surface area contributed by atoms with Gasteiger partial charge in [-0.1, -0.05) is 31.2 Å². The summed E-state index contributed by atoms with van der Waals surface area (Å²) in [6.07, 6.45) is 1.85. The molecule has 0 radical (unpaired) electrons. The first-order valence-electron chi connectivity index (χ1n) is 7.13. The van der Waals surface area contributed by atoms with Crippen molar-refractivity contribution in [3.05, 3.63) is 65.0 Å². The van der Waals surface area contributed by atoms with Crippen molar-refractivity contribution < 1.29 is 0 Å². The van der Waals surface area contributed by atoms with Gasteiger partial charge in [-0.2, -0.15) is 0 Å². The number of aryl methyl sites for hydroxylation is 1. The van der Waals surface area contributed by atoms with Gasteiger partial charge in [0.1, 0.15) is 0 Å². The Balaban J connectivity index is 2.07. The van der Waals surface area contributed by atoms with E-state index in [0.717, 1.165) is 25.3 Å². The van der Waals surface area contributed by atoms with E-state index in [-0.39, 0.29) is 0 Å². The average Bonchev–Trinajstić information content (AvgIpc) is 2.49. The number of hydrogen-bond donors (Lipinski definition) is 1. The van der Waals surface area contributed by atoms with Crippen LogP contribution in [0.5, 0.6) is 0 Å². The van der Waals surface area contributed by atoms with Gasteiger partial charge >= 0.3 is 0 Å². The maximum Gasteiger partial charge on any atom is 0.0542 e. The van der Waals surface area contributed by atoms with Gasteiger partial charge in [-0.25, -0.2) is 0 Å². The third-order valence-corrected chi connectivity index (χ3v) is 3.60. The molecule has 2 rings (SSSR count). The molecule has 0 aliphatic heterocycles. The van der Waals surface area contributed by atoms with E-state index in [9.17, 15) is 0 Å². The zero-order valence-electron chi connectivity index (χ0n) is 12.3. The van der Waals surface area contributed by atoms with Gasteiger partial charge in [0.25, 0.3) is 0 Å². The molecule has 0 amide bonds. The Bertz CT molecular complexity index is 551. The SMILES string of the molecule is CCN(Cc1ccnc(CN)c1)Cc1ccccc1C. The number of aromatic nitrogens is 1. The predicted octanol–water partition coefficient (Wildman–Crippen LogP) is 2.87. The zero-order chi connectivity index (χ0) is 14.4. The van der Waals surface area contributed by atoms with Crippen molar-refractivity contribution in [1.82, 2.24) is 9.88 Å². The first-order chi connectivity index (χ1) is 9.72. The van der Waals surface area contributed by atoms with Gasteiger partial charge in [0, 0.05) is 25.8 Å². The van der Waals surface area contributed by atoms with Crippen LogP contribution in [0.4, 0.5) is 0 Å². The standard InChI is InChI=1S/C17H23N3/c1-3-20(13-16-7-5-4-6-14(16)2)12-15-8-9-19-17(10-15)11-18/h4-10H,3,11-13,18H2,1-2H3. The van der Waals surface area contributed by atoms with Crippen molar-refractivity contribution >= 4 is 0 Å². The molecule has 0 aliphatic carbocycles. The van der Waals surface area contributed by atoms with Gasteiger partial charge < -0.3 is 5.73 Å². The van der Waals surface area contributed by atoms with E-state index in [1.54, 1.807) is 0 Å². The fourth-order valence-electron chi connectivity index (χ4n) is 2.30. The lowest BCUT2D eigenvalue weighted by atomic mass is 10.1. The highest BCUT2D eigenvalue weighted by molar-refractivity contribution is 5.25. The number of pyridine rings is 1. The van der Waals surface area contributed by atoms with E-state index in [1.807, 2.05) is 6.20 Å². The van der Waals surface area contributed by atoms with Gasteiger partial charge in [-0.15, -0.1) is 0 Å². The van der Waals surface area contributed by atoms with E-state index in [2.05, 4.69) is 60.1 Å². The number of hydrogen-bond acceptors (Lipinski definition) is 3. The van der Waals surface area contributed by atoms with E-state index in [1.165, 1.54) is 16.7 Å². The molecular formula is C17H23N3. The summed E-state index contributed by atoms with van der Waals surface area (Å²) in [6, 6.07) is 12.7. The molecule has 0 spiro atoms. The number of rotatable bonds is 6. The first-order valence-corrected chi connectivity index (χ1v) is 7.13. The molecule has 2 N–H and O–H groups in total. The molecule has 2 aromatic rings. The highest BCUT2D eigenvalue weighted by Crippen LogP contribution is 2.13. The summed E-state index contributed by atoms with van der Waals surface area (Å²) in [5.41, 5.74) is 10.6. The summed E-state index contributed by atoms with van der Waals surface area (Å²) in [5.74, 6) is 0. The molecule has 1 aromatic heterocycles. The second kappa shape index (κ2) is 7.17. The van der Waals surface area contributed by atoms with E-state index < -0.39 is 0 Å². The van der Waals surface area contributed by atoms with Crippen LogP contribution in [-0.2, 0) is 19.6 Å². The minimum Gasteiger partial charge on any atom is -0.325 e. The van der Waals surface area contributed by atoms with E-state index >= 15 is 0 Å². The third kappa shape index (κ3) is 3.89. The monoisotopic (exact) mass is 269 g/mol. The van der Waals surface area contributed by atoms with Gasteiger partial charge in [-0.05, 0) is 42.3 Å². The van der Waals surface area contributed by atoms with Gasteiger partial charge in [0.05, 0.1) is 5.69 Å². The molecule has 0 fully saturated rings. The average molecular weight is 269 g/mol. The van der Waals surface area contributed by atoms with Crippen molar-refractivity contribution in [3.63, 3.8) is 0 Å². The fraction of sp³-hybridized carbons (Fsp3) is 0.353. The van der Waals surface area contributed by atoms with Crippen LogP contribution in [0.1, 0.15) is 29.3 Å². The minimum absolute atomic E-state index is 0.498. The van der Waals surface area contributed by atoms with Crippen LogP contribution < -0.4 is 5.73 Å². The van der Waals surface area contributed by atoms with Crippen LogP contribution in [-0.4, -0.2) is 16.4 Å². The van der Waals surface area contributed by atoms with E-state index in [0.29, 0.717) is 6.54 Å². The van der Waals surface area contributed by atoms with Crippen LogP contribution in [0.15, 0.2) is 42.6 Å². The number of nitrogens with zero attached hydrogens (tertiary/aromatic N) is 2. The molecule has 1 heterocycles. The predicted molar refractivity (Wildman–Crippen MR) is 83.1 cm³/mol. The normalized spacial score (nSPS) is 11.0. The molecule has 0 saturated heterocycles. The lowest BCUT2D eigenvalue weighted by Crippen LogP contribution is -2.23. The quantitative estimate of drug-likeness (QED) is 0.877. The minimum atomic E-state index is 0.498. The third-order valence-electron chi connectivity index (χ3n) is 3.60. The summed E-state index contributed by atoms with van der Waals surface area (Å²) in [7, 11) is 0. The molecule has 0 atom stereocenters. The van der Waals surface area contributed by atoms with Gasteiger partial charge in [-0.3, -0.25) is 9.88 Å². The van der Waals surface area contributed by atoms with Crippen LogP contribution in [0.2, 0.25) is 0 Å². The Kier molecular flexibility index (Phi) is 5.27. The summed E-state index contributed by atoms with van der Waals surface area (Å²) in [4.78, 5) is 6.67. The van der Waals surface area contributed by atoms with Crippen LogP contribution in [0.3, 0.4) is 0 Å². The summed E-state index contributed by atoms with van der Waals surface area (Å²) >= 11 is 0. The summed E-state index contributed by atoms with van der Waals surface area (Å²) < 4.78 is 0. The Hall–Kier alpha value is -1.71. The molecule has 3 heteroatoms. The maximum atomic E-state index is 5.65. The van der Waals surface area contributed by atoms with Crippen molar-refractivity contribution in [1.29, 1.82) is 0 Å².